The zero-order valence-electron chi connectivity index (χ0n) is 11.4. The standard InChI is InChI=1S/C14H16N2O4S/c1-2-11(14(15)17)20-12-7-8-13(21(16,18)19)10-6-4-3-5-9(10)12/h3-8,11H,2H2,1H3,(H2,15,17)(H2,16,18,19). The molecule has 0 saturated carbocycles. The van der Waals surface area contributed by atoms with E-state index in [0.717, 1.165) is 0 Å². The van der Waals surface area contributed by atoms with E-state index in [1.54, 1.807) is 31.2 Å². The van der Waals surface area contributed by atoms with Crippen molar-refractivity contribution < 1.29 is 17.9 Å². The fourth-order valence-electron chi connectivity index (χ4n) is 2.09. The maximum absolute atomic E-state index is 11.6. The van der Waals surface area contributed by atoms with E-state index in [1.165, 1.54) is 12.1 Å². The first-order chi connectivity index (χ1) is 9.84. The summed E-state index contributed by atoms with van der Waals surface area (Å²) >= 11 is 0. The van der Waals surface area contributed by atoms with E-state index in [-0.39, 0.29) is 4.90 Å². The van der Waals surface area contributed by atoms with Crippen LogP contribution in [0.5, 0.6) is 5.75 Å². The molecule has 0 saturated heterocycles. The van der Waals surface area contributed by atoms with Crippen LogP contribution in [0.2, 0.25) is 0 Å². The van der Waals surface area contributed by atoms with E-state index in [9.17, 15) is 13.2 Å². The number of carbonyl (C=O) groups is 1. The lowest BCUT2D eigenvalue weighted by Gasteiger charge is -2.16. The molecule has 2 rings (SSSR count). The molecule has 0 fully saturated rings. The molecule has 1 amide bonds. The number of primary sulfonamides is 1. The van der Waals surface area contributed by atoms with Crippen LogP contribution in [-0.2, 0) is 14.8 Å². The Morgan fingerprint density at radius 3 is 2.33 bits per heavy atom. The van der Waals surface area contributed by atoms with E-state index in [4.69, 9.17) is 15.6 Å². The summed E-state index contributed by atoms with van der Waals surface area (Å²) in [6, 6.07) is 9.62. The number of hydrogen-bond acceptors (Lipinski definition) is 4. The van der Waals surface area contributed by atoms with Crippen LogP contribution in [0.15, 0.2) is 41.3 Å². The number of hydrogen-bond donors (Lipinski definition) is 2. The normalized spacial score (nSPS) is 13.0. The second-order valence-corrected chi connectivity index (χ2v) is 6.10. The smallest absolute Gasteiger partial charge is 0.258 e. The highest BCUT2D eigenvalue weighted by Gasteiger charge is 2.19. The Morgan fingerprint density at radius 2 is 1.81 bits per heavy atom. The van der Waals surface area contributed by atoms with E-state index in [0.29, 0.717) is 22.9 Å². The minimum Gasteiger partial charge on any atom is -0.480 e. The molecule has 4 N–H and O–H groups in total. The monoisotopic (exact) mass is 308 g/mol. The molecule has 2 aromatic rings. The largest absolute Gasteiger partial charge is 0.480 e. The molecule has 1 unspecified atom stereocenters. The zero-order chi connectivity index (χ0) is 15.6. The summed E-state index contributed by atoms with van der Waals surface area (Å²) in [6.45, 7) is 1.77. The van der Waals surface area contributed by atoms with Gasteiger partial charge in [0.2, 0.25) is 10.0 Å². The van der Waals surface area contributed by atoms with Crippen LogP contribution < -0.4 is 15.6 Å². The highest BCUT2D eigenvalue weighted by Crippen LogP contribution is 2.31. The summed E-state index contributed by atoms with van der Waals surface area (Å²) in [5.41, 5.74) is 5.26. The second-order valence-electron chi connectivity index (χ2n) is 4.57. The van der Waals surface area contributed by atoms with Crippen molar-refractivity contribution in [3.63, 3.8) is 0 Å². The Balaban J connectivity index is 2.61. The quantitative estimate of drug-likeness (QED) is 0.862. The zero-order valence-corrected chi connectivity index (χ0v) is 12.3. The van der Waals surface area contributed by atoms with Gasteiger partial charge in [0.1, 0.15) is 5.75 Å². The maximum atomic E-state index is 11.6. The van der Waals surface area contributed by atoms with Gasteiger partial charge in [0, 0.05) is 10.8 Å². The summed E-state index contributed by atoms with van der Waals surface area (Å²) in [6.07, 6.45) is -0.352. The molecule has 112 valence electrons. The van der Waals surface area contributed by atoms with Gasteiger partial charge in [0.25, 0.3) is 5.91 Å². The first kappa shape index (κ1) is 15.3. The fourth-order valence-corrected chi connectivity index (χ4v) is 2.83. The third-order valence-electron chi connectivity index (χ3n) is 3.11. The van der Waals surface area contributed by atoms with Gasteiger partial charge < -0.3 is 10.5 Å². The van der Waals surface area contributed by atoms with Crippen LogP contribution in [0.4, 0.5) is 0 Å². The van der Waals surface area contributed by atoms with Crippen molar-refractivity contribution in [3.05, 3.63) is 36.4 Å². The Kier molecular flexibility index (Phi) is 4.15. The summed E-state index contributed by atoms with van der Waals surface area (Å²) < 4.78 is 28.8. The van der Waals surface area contributed by atoms with Gasteiger partial charge in [-0.2, -0.15) is 0 Å². The molecule has 0 aliphatic heterocycles. The predicted molar refractivity (Wildman–Crippen MR) is 79.2 cm³/mol. The number of ether oxygens (including phenoxy) is 1. The summed E-state index contributed by atoms with van der Waals surface area (Å²) in [7, 11) is -3.84. The molecular formula is C14H16N2O4S. The number of rotatable bonds is 5. The van der Waals surface area contributed by atoms with Gasteiger partial charge >= 0.3 is 0 Å². The molecule has 0 aliphatic rings. The fraction of sp³-hybridized carbons (Fsp3) is 0.214. The van der Waals surface area contributed by atoms with Crippen LogP contribution in [-0.4, -0.2) is 20.4 Å². The molecule has 7 heteroatoms. The molecule has 0 aromatic heterocycles. The minimum absolute atomic E-state index is 0.0116. The van der Waals surface area contributed by atoms with Crippen molar-refractivity contribution in [1.82, 2.24) is 0 Å². The van der Waals surface area contributed by atoms with Gasteiger partial charge in [-0.15, -0.1) is 0 Å². The number of carbonyl (C=O) groups excluding carboxylic acids is 1. The lowest BCUT2D eigenvalue weighted by atomic mass is 10.1. The number of primary amides is 1. The summed E-state index contributed by atoms with van der Waals surface area (Å²) in [5, 5.41) is 6.21. The lowest BCUT2D eigenvalue weighted by Crippen LogP contribution is -2.33. The molecule has 6 nitrogen and oxygen atoms in total. The topological polar surface area (TPSA) is 112 Å². The van der Waals surface area contributed by atoms with Gasteiger partial charge in [0.05, 0.1) is 4.90 Å². The number of amides is 1. The van der Waals surface area contributed by atoms with Crippen molar-refractivity contribution in [1.29, 1.82) is 0 Å². The van der Waals surface area contributed by atoms with Crippen LogP contribution >= 0.6 is 0 Å². The highest BCUT2D eigenvalue weighted by molar-refractivity contribution is 7.89. The van der Waals surface area contributed by atoms with E-state index in [1.807, 2.05) is 0 Å². The summed E-state index contributed by atoms with van der Waals surface area (Å²) in [4.78, 5) is 11.3. The van der Waals surface area contributed by atoms with Crippen LogP contribution in [0.1, 0.15) is 13.3 Å². The van der Waals surface area contributed by atoms with Crippen molar-refractivity contribution in [2.45, 2.75) is 24.3 Å². The van der Waals surface area contributed by atoms with Gasteiger partial charge in [-0.25, -0.2) is 13.6 Å². The predicted octanol–water partition coefficient (Wildman–Crippen LogP) is 1.13. The highest BCUT2D eigenvalue weighted by atomic mass is 32.2. The van der Waals surface area contributed by atoms with Crippen molar-refractivity contribution in [2.75, 3.05) is 0 Å². The second kappa shape index (κ2) is 5.71. The Labute approximate surface area is 122 Å². The Morgan fingerprint density at radius 1 is 1.19 bits per heavy atom. The summed E-state index contributed by atoms with van der Waals surface area (Å²) in [5.74, 6) is -0.180. The molecule has 21 heavy (non-hydrogen) atoms. The SMILES string of the molecule is CCC(Oc1ccc(S(N)(=O)=O)c2ccccc12)C(N)=O. The van der Waals surface area contributed by atoms with Crippen molar-refractivity contribution in [3.8, 4) is 5.75 Å². The Hall–Kier alpha value is -2.12. The Bertz CT molecular complexity index is 787. The lowest BCUT2D eigenvalue weighted by molar-refractivity contribution is -0.124. The van der Waals surface area contributed by atoms with E-state index >= 15 is 0 Å². The number of benzene rings is 2. The van der Waals surface area contributed by atoms with E-state index in [2.05, 4.69) is 0 Å². The van der Waals surface area contributed by atoms with Gasteiger partial charge in [-0.1, -0.05) is 31.2 Å². The van der Waals surface area contributed by atoms with Gasteiger partial charge in [-0.3, -0.25) is 4.79 Å². The van der Waals surface area contributed by atoms with Crippen molar-refractivity contribution >= 4 is 26.7 Å². The van der Waals surface area contributed by atoms with Crippen molar-refractivity contribution in [2.24, 2.45) is 10.9 Å². The van der Waals surface area contributed by atoms with Crippen LogP contribution in [0.3, 0.4) is 0 Å². The van der Waals surface area contributed by atoms with Gasteiger partial charge in [-0.05, 0) is 18.6 Å². The molecule has 2 aromatic carbocycles. The molecule has 0 heterocycles. The maximum Gasteiger partial charge on any atom is 0.258 e. The van der Waals surface area contributed by atoms with Crippen LogP contribution in [0, 0.1) is 0 Å². The number of fused-ring (bicyclic) bond motifs is 1. The third-order valence-corrected chi connectivity index (χ3v) is 4.08. The number of sulfonamides is 1. The molecule has 1 atom stereocenters. The molecule has 0 radical (unpaired) electrons. The molecular weight excluding hydrogens is 292 g/mol. The first-order valence-electron chi connectivity index (χ1n) is 6.35. The minimum atomic E-state index is -3.84. The van der Waals surface area contributed by atoms with E-state index < -0.39 is 22.0 Å². The average molecular weight is 308 g/mol. The average Bonchev–Trinajstić information content (AvgIpc) is 2.42. The van der Waals surface area contributed by atoms with Crippen LogP contribution in [0.25, 0.3) is 10.8 Å². The number of nitrogens with two attached hydrogens (primary N) is 2. The first-order valence-corrected chi connectivity index (χ1v) is 7.89. The molecule has 0 bridgehead atoms. The molecule has 0 aliphatic carbocycles. The molecule has 0 spiro atoms. The third kappa shape index (κ3) is 3.14. The van der Waals surface area contributed by atoms with Gasteiger partial charge in [0.15, 0.2) is 6.10 Å².